The number of halogens is 1. The van der Waals surface area contributed by atoms with Gasteiger partial charge in [-0.1, -0.05) is 11.6 Å². The fraction of sp³-hybridized carbons (Fsp3) is 0.500. The Bertz CT molecular complexity index is 761. The zero-order valence-corrected chi connectivity index (χ0v) is 15.0. The summed E-state index contributed by atoms with van der Waals surface area (Å²) >= 11 is 7.58. The molecule has 1 N–H and O–H groups in total. The normalized spacial score (nSPS) is 28.9. The molecule has 0 aliphatic carbocycles. The van der Waals surface area contributed by atoms with Crippen molar-refractivity contribution in [1.82, 2.24) is 10.2 Å². The SMILES string of the molecule is CC1(C)C(NC(=O)c2cc3cc(Cl)ccc3s2)C2CCN1CC2. The highest BCUT2D eigenvalue weighted by atomic mass is 35.5. The fourth-order valence-corrected chi connectivity index (χ4v) is 5.34. The van der Waals surface area contributed by atoms with Gasteiger partial charge in [-0.15, -0.1) is 11.3 Å². The highest BCUT2D eigenvalue weighted by Crippen LogP contribution is 2.39. The highest BCUT2D eigenvalue weighted by Gasteiger charge is 2.48. The van der Waals surface area contributed by atoms with E-state index in [1.807, 2.05) is 24.3 Å². The first-order valence-corrected chi connectivity index (χ1v) is 9.39. The van der Waals surface area contributed by atoms with E-state index < -0.39 is 0 Å². The molecule has 3 aliphatic heterocycles. The van der Waals surface area contributed by atoms with Crippen LogP contribution in [-0.4, -0.2) is 35.5 Å². The maximum absolute atomic E-state index is 12.8. The van der Waals surface area contributed by atoms with Crippen LogP contribution in [0.2, 0.25) is 5.02 Å². The second-order valence-corrected chi connectivity index (χ2v) is 8.74. The maximum Gasteiger partial charge on any atom is 0.261 e. The van der Waals surface area contributed by atoms with Crippen molar-refractivity contribution in [3.63, 3.8) is 0 Å². The lowest BCUT2D eigenvalue weighted by Gasteiger charge is -2.56. The molecular formula is C18H21ClN2OS. The molecule has 1 unspecified atom stereocenters. The number of fused-ring (bicyclic) bond motifs is 4. The van der Waals surface area contributed by atoms with E-state index in [1.165, 1.54) is 24.2 Å². The van der Waals surface area contributed by atoms with Crippen LogP contribution in [0.1, 0.15) is 36.4 Å². The van der Waals surface area contributed by atoms with Gasteiger partial charge in [-0.3, -0.25) is 9.69 Å². The summed E-state index contributed by atoms with van der Waals surface area (Å²) in [6.07, 6.45) is 2.38. The van der Waals surface area contributed by atoms with Gasteiger partial charge in [-0.25, -0.2) is 0 Å². The minimum atomic E-state index is 0.0385. The first-order valence-electron chi connectivity index (χ1n) is 8.20. The van der Waals surface area contributed by atoms with Crippen molar-refractivity contribution in [3.05, 3.63) is 34.2 Å². The zero-order valence-electron chi connectivity index (χ0n) is 13.4. The Morgan fingerprint density at radius 1 is 1.30 bits per heavy atom. The summed E-state index contributed by atoms with van der Waals surface area (Å²) in [6, 6.07) is 7.96. The topological polar surface area (TPSA) is 32.3 Å². The number of nitrogens with zero attached hydrogens (tertiary/aromatic N) is 1. The van der Waals surface area contributed by atoms with Gasteiger partial charge in [0.2, 0.25) is 0 Å². The summed E-state index contributed by atoms with van der Waals surface area (Å²) in [5.41, 5.74) is 0.0385. The van der Waals surface area contributed by atoms with E-state index in [2.05, 4.69) is 24.1 Å². The predicted molar refractivity (Wildman–Crippen MR) is 96.5 cm³/mol. The van der Waals surface area contributed by atoms with Crippen molar-refractivity contribution in [2.75, 3.05) is 13.1 Å². The van der Waals surface area contributed by atoms with Crippen molar-refractivity contribution in [2.45, 2.75) is 38.3 Å². The number of piperidine rings is 3. The van der Waals surface area contributed by atoms with Gasteiger partial charge in [0.15, 0.2) is 0 Å². The van der Waals surface area contributed by atoms with Crippen LogP contribution in [0, 0.1) is 5.92 Å². The van der Waals surface area contributed by atoms with E-state index in [1.54, 1.807) is 0 Å². The average Bonchev–Trinajstić information content (AvgIpc) is 2.94. The van der Waals surface area contributed by atoms with Crippen LogP contribution in [0.15, 0.2) is 24.3 Å². The molecule has 0 spiro atoms. The van der Waals surface area contributed by atoms with E-state index in [-0.39, 0.29) is 17.5 Å². The third-order valence-corrected chi connectivity index (χ3v) is 6.93. The van der Waals surface area contributed by atoms with Gasteiger partial charge in [0.25, 0.3) is 5.91 Å². The van der Waals surface area contributed by atoms with E-state index >= 15 is 0 Å². The van der Waals surface area contributed by atoms with Gasteiger partial charge in [0, 0.05) is 21.3 Å². The summed E-state index contributed by atoms with van der Waals surface area (Å²) < 4.78 is 1.10. The third kappa shape index (κ3) is 2.57. The average molecular weight is 349 g/mol. The molecule has 1 aromatic carbocycles. The Morgan fingerprint density at radius 3 is 2.74 bits per heavy atom. The Balaban J connectivity index is 1.59. The van der Waals surface area contributed by atoms with Crippen molar-refractivity contribution in [2.24, 2.45) is 5.92 Å². The van der Waals surface area contributed by atoms with Gasteiger partial charge < -0.3 is 5.32 Å². The molecule has 1 aromatic heterocycles. The molecular weight excluding hydrogens is 328 g/mol. The first-order chi connectivity index (χ1) is 10.9. The minimum Gasteiger partial charge on any atom is -0.346 e. The molecule has 0 radical (unpaired) electrons. The Labute approximate surface area is 145 Å². The predicted octanol–water partition coefficient (Wildman–Crippen LogP) is 4.16. The number of hydrogen-bond acceptors (Lipinski definition) is 3. The molecule has 5 rings (SSSR count). The maximum atomic E-state index is 12.8. The zero-order chi connectivity index (χ0) is 16.2. The summed E-state index contributed by atoms with van der Waals surface area (Å²) in [5.74, 6) is 0.650. The van der Waals surface area contributed by atoms with E-state index in [0.29, 0.717) is 10.9 Å². The van der Waals surface area contributed by atoms with Crippen molar-refractivity contribution in [3.8, 4) is 0 Å². The number of hydrogen-bond donors (Lipinski definition) is 1. The largest absolute Gasteiger partial charge is 0.346 e. The van der Waals surface area contributed by atoms with Crippen molar-refractivity contribution < 1.29 is 4.79 Å². The summed E-state index contributed by atoms with van der Waals surface area (Å²) in [4.78, 5) is 16.1. The third-order valence-electron chi connectivity index (χ3n) is 5.58. The van der Waals surface area contributed by atoms with Crippen LogP contribution in [0.25, 0.3) is 10.1 Å². The molecule has 5 heteroatoms. The van der Waals surface area contributed by atoms with Gasteiger partial charge in [0.1, 0.15) is 0 Å². The number of benzene rings is 1. The molecule has 122 valence electrons. The molecule has 3 fully saturated rings. The lowest BCUT2D eigenvalue weighted by Crippen LogP contribution is -2.69. The fourth-order valence-electron chi connectivity index (χ4n) is 4.22. The van der Waals surface area contributed by atoms with E-state index in [4.69, 9.17) is 11.6 Å². The molecule has 1 atom stereocenters. The first kappa shape index (κ1) is 15.4. The summed E-state index contributed by atoms with van der Waals surface area (Å²) in [7, 11) is 0. The smallest absolute Gasteiger partial charge is 0.261 e. The molecule has 2 bridgehead atoms. The van der Waals surface area contributed by atoms with Gasteiger partial charge in [0.05, 0.1) is 4.88 Å². The molecule has 3 saturated heterocycles. The quantitative estimate of drug-likeness (QED) is 0.883. The molecule has 2 aromatic rings. The van der Waals surface area contributed by atoms with Crippen LogP contribution >= 0.6 is 22.9 Å². The van der Waals surface area contributed by atoms with Crippen LogP contribution in [0.5, 0.6) is 0 Å². The van der Waals surface area contributed by atoms with E-state index in [0.717, 1.165) is 28.1 Å². The minimum absolute atomic E-state index is 0.0385. The number of rotatable bonds is 2. The lowest BCUT2D eigenvalue weighted by molar-refractivity contribution is -0.0377. The van der Waals surface area contributed by atoms with Crippen molar-refractivity contribution in [1.29, 1.82) is 0 Å². The number of thiophene rings is 1. The van der Waals surface area contributed by atoms with Crippen LogP contribution in [-0.2, 0) is 0 Å². The number of carbonyl (C=O) groups excluding carboxylic acids is 1. The second-order valence-electron chi connectivity index (χ2n) is 7.22. The molecule has 23 heavy (non-hydrogen) atoms. The van der Waals surface area contributed by atoms with Gasteiger partial charge >= 0.3 is 0 Å². The second kappa shape index (κ2) is 5.47. The summed E-state index contributed by atoms with van der Waals surface area (Å²) in [6.45, 7) is 6.83. The van der Waals surface area contributed by atoms with Gasteiger partial charge in [-0.05, 0) is 75.3 Å². The Kier molecular flexibility index (Phi) is 3.67. The number of nitrogens with one attached hydrogen (secondary N) is 1. The molecule has 1 amide bonds. The van der Waals surface area contributed by atoms with Gasteiger partial charge in [-0.2, -0.15) is 0 Å². The monoisotopic (exact) mass is 348 g/mol. The lowest BCUT2D eigenvalue weighted by atomic mass is 9.72. The highest BCUT2D eigenvalue weighted by molar-refractivity contribution is 7.20. The molecule has 4 heterocycles. The standard InChI is InChI=1S/C18H21ClN2OS/c1-18(2)16(11-5-7-21(18)8-6-11)20-17(22)15-10-12-9-13(19)3-4-14(12)23-15/h3-4,9-11,16H,5-8H2,1-2H3,(H,20,22). The van der Waals surface area contributed by atoms with Crippen LogP contribution < -0.4 is 5.32 Å². The van der Waals surface area contributed by atoms with Crippen LogP contribution in [0.3, 0.4) is 0 Å². The molecule has 3 nitrogen and oxygen atoms in total. The van der Waals surface area contributed by atoms with Crippen molar-refractivity contribution >= 4 is 38.9 Å². The number of carbonyl (C=O) groups is 1. The van der Waals surface area contributed by atoms with Crippen LogP contribution in [0.4, 0.5) is 0 Å². The molecule has 0 saturated carbocycles. The Morgan fingerprint density at radius 2 is 2.04 bits per heavy atom. The summed E-state index contributed by atoms with van der Waals surface area (Å²) in [5, 5.41) is 5.08. The Hall–Kier alpha value is -1.10. The molecule has 3 aliphatic rings. The van der Waals surface area contributed by atoms with E-state index in [9.17, 15) is 4.79 Å². The number of amides is 1.